The average Bonchev–Trinajstić information content (AvgIpc) is 3.81. The van der Waals surface area contributed by atoms with Crippen LogP contribution in [-0.4, -0.2) is 21.1 Å². The van der Waals surface area contributed by atoms with Crippen LogP contribution in [0.4, 0.5) is 45.9 Å². The Morgan fingerprint density at radius 2 is 1.17 bits per heavy atom. The van der Waals surface area contributed by atoms with Crippen LogP contribution in [0.2, 0.25) is 0 Å². The van der Waals surface area contributed by atoms with Crippen molar-refractivity contribution >= 4 is 45.9 Å². The number of aryl methyl sites for hydroxylation is 2. The molecule has 7 nitrogen and oxygen atoms in total. The number of hydrogen-bond acceptors (Lipinski definition) is 7. The van der Waals surface area contributed by atoms with Gasteiger partial charge in [-0.15, -0.1) is 18.4 Å². The predicted octanol–water partition coefficient (Wildman–Crippen LogP) is 11.1. The van der Waals surface area contributed by atoms with Gasteiger partial charge in [0.15, 0.2) is 11.6 Å². The Morgan fingerprint density at radius 3 is 1.81 bits per heavy atom. The maximum Gasteiger partial charge on any atom is 0.178 e. The molecular formula is C46H47IrN7-2. The molecule has 54 heavy (non-hydrogen) atoms. The first kappa shape index (κ1) is 37.3. The molecule has 6 aromatic rings. The van der Waals surface area contributed by atoms with Crippen molar-refractivity contribution in [3.63, 3.8) is 0 Å². The number of aromatic nitrogens is 3. The van der Waals surface area contributed by atoms with Crippen LogP contribution in [0.25, 0.3) is 0 Å². The molecule has 0 spiro atoms. The van der Waals surface area contributed by atoms with Crippen LogP contribution >= 0.6 is 0 Å². The Kier molecular flexibility index (Phi) is 9.88. The van der Waals surface area contributed by atoms with Gasteiger partial charge in [-0.3, -0.25) is 0 Å². The molecule has 0 aliphatic carbocycles. The summed E-state index contributed by atoms with van der Waals surface area (Å²) in [5, 5.41) is 0. The summed E-state index contributed by atoms with van der Waals surface area (Å²) in [5.41, 5.74) is 12.4. The summed E-state index contributed by atoms with van der Waals surface area (Å²) >= 11 is 0. The summed E-state index contributed by atoms with van der Waals surface area (Å²) in [4.78, 5) is 23.1. The van der Waals surface area contributed by atoms with Crippen LogP contribution in [0.5, 0.6) is 0 Å². The number of para-hydroxylation sites is 2. The fraction of sp³-hybridized carbons (Fsp3) is 0.261. The second-order valence-electron chi connectivity index (χ2n) is 16.2. The topological polar surface area (TPSA) is 51.6 Å². The van der Waals surface area contributed by atoms with Gasteiger partial charge >= 0.3 is 0 Å². The number of benzene rings is 4. The van der Waals surface area contributed by atoms with E-state index in [4.69, 9.17) is 9.97 Å². The second kappa shape index (κ2) is 14.3. The molecule has 0 fully saturated rings. The normalized spacial score (nSPS) is 15.5. The average molecular weight is 890 g/mol. The number of fused-ring (bicyclic) bond motifs is 6. The van der Waals surface area contributed by atoms with Crippen LogP contribution in [-0.2, 0) is 37.4 Å². The van der Waals surface area contributed by atoms with Gasteiger partial charge in [-0.05, 0) is 77.3 Å². The smallest absolute Gasteiger partial charge is 0.178 e. The van der Waals surface area contributed by atoms with Gasteiger partial charge in [0, 0.05) is 62.2 Å². The summed E-state index contributed by atoms with van der Waals surface area (Å²) in [6.45, 7) is 19.9. The molecule has 0 amide bonds. The summed E-state index contributed by atoms with van der Waals surface area (Å²) < 4.78 is 0. The fourth-order valence-corrected chi connectivity index (χ4v) is 7.51. The van der Waals surface area contributed by atoms with E-state index < -0.39 is 0 Å². The molecule has 0 saturated heterocycles. The minimum absolute atomic E-state index is 0. The van der Waals surface area contributed by atoms with Gasteiger partial charge < -0.3 is 19.6 Å². The molecular weight excluding hydrogens is 843 g/mol. The molecule has 1 atom stereocenters. The zero-order valence-electron chi connectivity index (χ0n) is 32.3. The van der Waals surface area contributed by atoms with E-state index in [0.29, 0.717) is 0 Å². The quantitative estimate of drug-likeness (QED) is 0.164. The predicted molar refractivity (Wildman–Crippen MR) is 218 cm³/mol. The molecule has 9 rings (SSSR count). The molecule has 3 aliphatic rings. The van der Waals surface area contributed by atoms with Crippen molar-refractivity contribution in [3.05, 3.63) is 156 Å². The first-order chi connectivity index (χ1) is 25.4. The van der Waals surface area contributed by atoms with Crippen molar-refractivity contribution in [2.24, 2.45) is 0 Å². The third-order valence-electron chi connectivity index (χ3n) is 10.5. The molecule has 5 heterocycles. The molecule has 3 aliphatic heterocycles. The zero-order chi connectivity index (χ0) is 37.1. The largest absolute Gasteiger partial charge is 0.492 e. The molecule has 277 valence electrons. The number of pyridine rings is 1. The number of nitrogens with zero attached hydrogens (tertiary/aromatic N) is 7. The third kappa shape index (κ3) is 6.67. The summed E-state index contributed by atoms with van der Waals surface area (Å²) in [6, 6.07) is 37.7. The van der Waals surface area contributed by atoms with E-state index in [-0.39, 0.29) is 37.1 Å². The van der Waals surface area contributed by atoms with Crippen LogP contribution < -0.4 is 19.6 Å². The molecule has 1 radical (unpaired) electrons. The Bertz CT molecular complexity index is 2310. The van der Waals surface area contributed by atoms with Crippen molar-refractivity contribution in [1.29, 1.82) is 0 Å². The Labute approximate surface area is 334 Å². The summed E-state index contributed by atoms with van der Waals surface area (Å²) in [7, 11) is 0. The van der Waals surface area contributed by atoms with Gasteiger partial charge in [0.05, 0.1) is 5.69 Å². The minimum atomic E-state index is 0. The zero-order valence-corrected chi connectivity index (χ0v) is 34.7. The van der Waals surface area contributed by atoms with Crippen molar-refractivity contribution in [2.45, 2.75) is 78.8 Å². The monoisotopic (exact) mass is 890 g/mol. The molecule has 8 heteroatoms. The van der Waals surface area contributed by atoms with Crippen LogP contribution in [0, 0.1) is 26.6 Å². The van der Waals surface area contributed by atoms with E-state index >= 15 is 0 Å². The number of anilines is 8. The fourth-order valence-electron chi connectivity index (χ4n) is 7.51. The third-order valence-corrected chi connectivity index (χ3v) is 10.5. The van der Waals surface area contributed by atoms with Crippen molar-refractivity contribution < 1.29 is 20.1 Å². The maximum atomic E-state index is 4.72. The van der Waals surface area contributed by atoms with Crippen LogP contribution in [0.15, 0.2) is 116 Å². The van der Waals surface area contributed by atoms with E-state index in [1.807, 2.05) is 18.3 Å². The van der Waals surface area contributed by atoms with Crippen molar-refractivity contribution in [2.75, 3.05) is 19.6 Å². The van der Waals surface area contributed by atoms with Gasteiger partial charge in [0.1, 0.15) is 12.0 Å². The first-order valence-electron chi connectivity index (χ1n) is 18.4. The second-order valence-corrected chi connectivity index (χ2v) is 16.2. The van der Waals surface area contributed by atoms with E-state index in [1.54, 1.807) is 12.4 Å². The number of rotatable bonds is 3. The van der Waals surface area contributed by atoms with Crippen LogP contribution in [0.1, 0.15) is 69.4 Å². The molecule has 4 aromatic carbocycles. The van der Waals surface area contributed by atoms with Gasteiger partial charge in [0.25, 0.3) is 0 Å². The molecule has 0 bridgehead atoms. The van der Waals surface area contributed by atoms with Gasteiger partial charge in [-0.1, -0.05) is 90.1 Å². The Morgan fingerprint density at radius 1 is 0.593 bits per heavy atom. The van der Waals surface area contributed by atoms with E-state index in [0.717, 1.165) is 40.9 Å². The van der Waals surface area contributed by atoms with Crippen molar-refractivity contribution in [1.82, 2.24) is 15.0 Å². The van der Waals surface area contributed by atoms with Gasteiger partial charge in [-0.2, -0.15) is 23.8 Å². The first-order valence-corrected chi connectivity index (χ1v) is 18.4. The van der Waals surface area contributed by atoms with Crippen molar-refractivity contribution in [3.8, 4) is 0 Å². The van der Waals surface area contributed by atoms with Gasteiger partial charge in [0.2, 0.25) is 0 Å². The molecule has 2 aromatic heterocycles. The molecule has 0 saturated carbocycles. The van der Waals surface area contributed by atoms with Crippen LogP contribution in [0.3, 0.4) is 0 Å². The maximum absolute atomic E-state index is 4.72. The molecule has 1 unspecified atom stereocenters. The molecule has 0 N–H and O–H groups in total. The Balaban J connectivity index is 0.000000164. The van der Waals surface area contributed by atoms with Gasteiger partial charge in [-0.25, -0.2) is 15.0 Å². The summed E-state index contributed by atoms with van der Waals surface area (Å²) in [5.74, 6) is 2.84. The standard InChI is InChI=1S/C23H24N4.C23H23N3.Ir/c1-15-7-5-6-8-18(15)26-20-13-16-9-10-17(23(2,3)4)14-19(16)27(20)22-21(26)24-11-12-25-22;1-17-9-5-6-12-20(17)26-16-25(21-13-8-14-24-22(21)26)19-11-7-10-18(15-19)23(2,3)4;/h5-12,14,20H,13H2,1-4H3;5-10,12-16H,1-4H3;/q;-2;. The SMILES string of the molecule is Cc1ccccc1N1[CH-]N(c2[c-]ccc(C(C)(C)C)c2)c2cccnc21.Cc1ccccc1N1c2nccnc2N2c3cc(C(C)(C)C)ccc3CC12.[Ir]. The van der Waals surface area contributed by atoms with E-state index in [1.165, 1.54) is 39.2 Å². The minimum Gasteiger partial charge on any atom is -0.492 e. The summed E-state index contributed by atoms with van der Waals surface area (Å²) in [6.07, 6.45) is 6.58. The van der Waals surface area contributed by atoms with E-state index in [2.05, 4.69) is 178 Å². The number of hydrogen-bond donors (Lipinski definition) is 0. The Hall–Kier alpha value is -5.04. The van der Waals surface area contributed by atoms with E-state index in [9.17, 15) is 0 Å².